The van der Waals surface area contributed by atoms with Crippen molar-refractivity contribution < 1.29 is 14.6 Å². The molecular weight excluding hydrogens is 358 g/mol. The second kappa shape index (κ2) is 10.0. The molecule has 0 unspecified atom stereocenters. The van der Waals surface area contributed by atoms with Crippen LogP contribution >= 0.6 is 11.3 Å². The van der Waals surface area contributed by atoms with Gasteiger partial charge in [-0.3, -0.25) is 4.79 Å². The van der Waals surface area contributed by atoms with Gasteiger partial charge in [-0.15, -0.1) is 0 Å². The minimum Gasteiger partial charge on any atom is -0.394 e. The normalized spacial score (nSPS) is 12.1. The van der Waals surface area contributed by atoms with Crippen LogP contribution in [0.1, 0.15) is 28.7 Å². The lowest BCUT2D eigenvalue weighted by Gasteiger charge is -2.21. The molecule has 0 aliphatic heterocycles. The van der Waals surface area contributed by atoms with Crippen molar-refractivity contribution in [3.8, 4) is 0 Å². The van der Waals surface area contributed by atoms with E-state index in [1.807, 2.05) is 77.5 Å². The van der Waals surface area contributed by atoms with Crippen molar-refractivity contribution in [1.29, 1.82) is 0 Å². The van der Waals surface area contributed by atoms with Crippen LogP contribution in [0.2, 0.25) is 0 Å². The smallest absolute Gasteiger partial charge is 0.232 e. The van der Waals surface area contributed by atoms with Crippen LogP contribution in [-0.2, 0) is 9.53 Å². The van der Waals surface area contributed by atoms with Gasteiger partial charge in [0.2, 0.25) is 5.91 Å². The van der Waals surface area contributed by atoms with Crippen LogP contribution < -0.4 is 5.32 Å². The molecule has 1 amide bonds. The van der Waals surface area contributed by atoms with Gasteiger partial charge < -0.3 is 15.2 Å². The predicted molar refractivity (Wildman–Crippen MR) is 108 cm³/mol. The Morgan fingerprint density at radius 3 is 2.11 bits per heavy atom. The molecule has 0 bridgehead atoms. The third-order valence-electron chi connectivity index (χ3n) is 4.31. The average molecular weight is 381 g/mol. The van der Waals surface area contributed by atoms with Gasteiger partial charge >= 0.3 is 0 Å². The molecule has 0 saturated carbocycles. The quantitative estimate of drug-likeness (QED) is 0.594. The molecule has 2 N–H and O–H groups in total. The fraction of sp³-hybridized carbons (Fsp3) is 0.227. The molecule has 0 aliphatic carbocycles. The largest absolute Gasteiger partial charge is 0.394 e. The number of nitrogens with one attached hydrogen (secondary N) is 1. The molecule has 0 spiro atoms. The third kappa shape index (κ3) is 5.26. The van der Waals surface area contributed by atoms with E-state index in [0.29, 0.717) is 6.54 Å². The highest BCUT2D eigenvalue weighted by Crippen LogP contribution is 2.25. The van der Waals surface area contributed by atoms with Crippen LogP contribution in [-0.4, -0.2) is 30.8 Å². The number of carbonyl (C=O) groups is 1. The highest BCUT2D eigenvalue weighted by atomic mass is 32.1. The van der Waals surface area contributed by atoms with Crippen LogP contribution in [0.25, 0.3) is 0 Å². The zero-order chi connectivity index (χ0) is 18.9. The molecule has 5 heteroatoms. The van der Waals surface area contributed by atoms with Crippen molar-refractivity contribution in [2.45, 2.75) is 12.0 Å². The van der Waals surface area contributed by atoms with Crippen molar-refractivity contribution in [3.05, 3.63) is 94.2 Å². The second-order valence-electron chi connectivity index (χ2n) is 6.14. The molecule has 1 atom stereocenters. The van der Waals surface area contributed by atoms with E-state index in [-0.39, 0.29) is 31.1 Å². The van der Waals surface area contributed by atoms with Crippen LogP contribution in [0.5, 0.6) is 0 Å². The number of hydrogen-bond donors (Lipinski definition) is 2. The minimum atomic E-state index is -0.381. The Kier molecular flexibility index (Phi) is 7.16. The van der Waals surface area contributed by atoms with Gasteiger partial charge in [0.1, 0.15) is 6.10 Å². The number of aliphatic hydroxyl groups excluding tert-OH is 1. The van der Waals surface area contributed by atoms with Gasteiger partial charge in [0.25, 0.3) is 0 Å². The summed E-state index contributed by atoms with van der Waals surface area (Å²) in [7, 11) is 0. The molecule has 140 valence electrons. The molecule has 2 aromatic carbocycles. The van der Waals surface area contributed by atoms with E-state index >= 15 is 0 Å². The number of benzene rings is 2. The first-order valence-corrected chi connectivity index (χ1v) is 9.86. The van der Waals surface area contributed by atoms with Gasteiger partial charge in [-0.05, 0) is 33.5 Å². The summed E-state index contributed by atoms with van der Waals surface area (Å²) in [5, 5.41) is 16.1. The first-order chi connectivity index (χ1) is 13.3. The van der Waals surface area contributed by atoms with Crippen molar-refractivity contribution >= 4 is 17.2 Å². The predicted octanol–water partition coefficient (Wildman–Crippen LogP) is 3.75. The zero-order valence-electron chi connectivity index (χ0n) is 15.0. The van der Waals surface area contributed by atoms with Crippen LogP contribution in [0.4, 0.5) is 0 Å². The summed E-state index contributed by atoms with van der Waals surface area (Å²) in [5.74, 6) is -0.450. The van der Waals surface area contributed by atoms with Crippen molar-refractivity contribution in [2.75, 3.05) is 19.8 Å². The standard InChI is InChI=1S/C22H23NO3S/c24-12-13-26-20(19-11-14-27-16-19)15-23-22(25)21(17-7-3-1-4-8-17)18-9-5-2-6-10-18/h1-11,14,16,20-21,24H,12-13,15H2,(H,23,25)/t20-/m0/s1. The first-order valence-electron chi connectivity index (χ1n) is 8.91. The van der Waals surface area contributed by atoms with Crippen LogP contribution in [0.3, 0.4) is 0 Å². The number of carbonyl (C=O) groups excluding carboxylic acids is 1. The highest BCUT2D eigenvalue weighted by Gasteiger charge is 2.23. The number of amides is 1. The molecular formula is C22H23NO3S. The molecule has 0 aliphatic rings. The number of rotatable bonds is 9. The maximum Gasteiger partial charge on any atom is 0.232 e. The zero-order valence-corrected chi connectivity index (χ0v) is 15.8. The summed E-state index contributed by atoms with van der Waals surface area (Å²) in [4.78, 5) is 13.1. The Labute approximate surface area is 163 Å². The lowest BCUT2D eigenvalue weighted by Crippen LogP contribution is -2.34. The Hall–Kier alpha value is -2.47. The van der Waals surface area contributed by atoms with Gasteiger partial charge in [-0.1, -0.05) is 60.7 Å². The Morgan fingerprint density at radius 1 is 0.963 bits per heavy atom. The van der Waals surface area contributed by atoms with E-state index < -0.39 is 0 Å². The van der Waals surface area contributed by atoms with E-state index in [2.05, 4.69) is 5.32 Å². The van der Waals surface area contributed by atoms with E-state index in [1.54, 1.807) is 11.3 Å². The SMILES string of the molecule is O=C(NC[C@H](OCCO)c1ccsc1)C(c1ccccc1)c1ccccc1. The van der Waals surface area contributed by atoms with Crippen LogP contribution in [0.15, 0.2) is 77.5 Å². The van der Waals surface area contributed by atoms with Gasteiger partial charge in [-0.2, -0.15) is 11.3 Å². The van der Waals surface area contributed by atoms with E-state index in [1.165, 1.54) is 0 Å². The number of thiophene rings is 1. The molecule has 0 fully saturated rings. The summed E-state index contributed by atoms with van der Waals surface area (Å²) < 4.78 is 5.72. The van der Waals surface area contributed by atoms with E-state index in [9.17, 15) is 4.79 Å². The third-order valence-corrected chi connectivity index (χ3v) is 5.02. The Bertz CT molecular complexity index is 767. The van der Waals surface area contributed by atoms with Gasteiger partial charge in [-0.25, -0.2) is 0 Å². The summed E-state index contributed by atoms with van der Waals surface area (Å²) in [5.41, 5.74) is 2.90. The maximum absolute atomic E-state index is 13.1. The Morgan fingerprint density at radius 2 is 1.59 bits per heavy atom. The first kappa shape index (κ1) is 19.3. The van der Waals surface area contributed by atoms with Crippen LogP contribution in [0, 0.1) is 0 Å². The summed E-state index contributed by atoms with van der Waals surface area (Å²) in [6.45, 7) is 0.536. The topological polar surface area (TPSA) is 58.6 Å². The molecule has 0 saturated heterocycles. The second-order valence-corrected chi connectivity index (χ2v) is 6.92. The van der Waals surface area contributed by atoms with E-state index in [0.717, 1.165) is 16.7 Å². The lowest BCUT2D eigenvalue weighted by atomic mass is 9.90. The fourth-order valence-electron chi connectivity index (χ4n) is 3.01. The van der Waals surface area contributed by atoms with Crippen molar-refractivity contribution in [2.24, 2.45) is 0 Å². The Balaban J connectivity index is 1.76. The molecule has 0 radical (unpaired) electrons. The number of hydrogen-bond acceptors (Lipinski definition) is 4. The molecule has 3 aromatic rings. The molecule has 3 rings (SSSR count). The van der Waals surface area contributed by atoms with Gasteiger partial charge in [0.15, 0.2) is 0 Å². The van der Waals surface area contributed by atoms with E-state index in [4.69, 9.17) is 9.84 Å². The monoisotopic (exact) mass is 381 g/mol. The molecule has 27 heavy (non-hydrogen) atoms. The summed E-state index contributed by atoms with van der Waals surface area (Å²) in [6.07, 6.45) is -0.278. The summed E-state index contributed by atoms with van der Waals surface area (Å²) >= 11 is 1.58. The fourth-order valence-corrected chi connectivity index (χ4v) is 3.71. The summed E-state index contributed by atoms with van der Waals surface area (Å²) in [6, 6.07) is 21.5. The molecule has 4 nitrogen and oxygen atoms in total. The molecule has 1 aromatic heterocycles. The maximum atomic E-state index is 13.1. The minimum absolute atomic E-state index is 0.0504. The molecule has 1 heterocycles. The van der Waals surface area contributed by atoms with Gasteiger partial charge in [0, 0.05) is 6.54 Å². The highest BCUT2D eigenvalue weighted by molar-refractivity contribution is 7.07. The lowest BCUT2D eigenvalue weighted by molar-refractivity contribution is -0.122. The number of ether oxygens (including phenoxy) is 1. The average Bonchev–Trinajstić information content (AvgIpc) is 3.24. The number of aliphatic hydroxyl groups is 1. The van der Waals surface area contributed by atoms with Gasteiger partial charge in [0.05, 0.1) is 19.1 Å². The van der Waals surface area contributed by atoms with Crippen molar-refractivity contribution in [1.82, 2.24) is 5.32 Å². The van der Waals surface area contributed by atoms with Crippen molar-refractivity contribution in [3.63, 3.8) is 0 Å².